The number of esters is 1. The van der Waals surface area contributed by atoms with Crippen LogP contribution >= 0.6 is 0 Å². The number of hydrogen-bond donors (Lipinski definition) is 2. The monoisotopic (exact) mass is 442 g/mol. The molecule has 0 aliphatic heterocycles. The molecule has 0 radical (unpaired) electrons. The van der Waals surface area contributed by atoms with E-state index in [-0.39, 0.29) is 19.2 Å². The van der Waals surface area contributed by atoms with Crippen molar-refractivity contribution in [3.8, 4) is 0 Å². The summed E-state index contributed by atoms with van der Waals surface area (Å²) >= 11 is 0. The van der Waals surface area contributed by atoms with Crippen molar-refractivity contribution in [2.24, 2.45) is 0 Å². The van der Waals surface area contributed by atoms with Gasteiger partial charge < -0.3 is 14.9 Å². The summed E-state index contributed by atoms with van der Waals surface area (Å²) < 4.78 is 5.49. The van der Waals surface area contributed by atoms with Crippen molar-refractivity contribution < 1.29 is 19.7 Å². The molecule has 0 aromatic carbocycles. The molecule has 0 amide bonds. The predicted octanol–water partition coefficient (Wildman–Crippen LogP) is 7.48. The molecule has 2 N–H and O–H groups in total. The number of ether oxygens (including phenoxy) is 1. The zero-order chi connectivity index (χ0) is 23.0. The molecule has 0 aliphatic carbocycles. The van der Waals surface area contributed by atoms with E-state index >= 15 is 0 Å². The van der Waals surface area contributed by atoms with Crippen molar-refractivity contribution in [1.82, 2.24) is 0 Å². The summed E-state index contributed by atoms with van der Waals surface area (Å²) in [5.41, 5.74) is -0.741. The maximum Gasteiger partial charge on any atom is 0.306 e. The van der Waals surface area contributed by atoms with Gasteiger partial charge in [0.2, 0.25) is 0 Å². The largest absolute Gasteiger partial charge is 0.459 e. The SMILES string of the molecule is CCCCCCCCCCCCCCCCCCCCC(=O)OC(C)(CCO)CCO. The van der Waals surface area contributed by atoms with Crippen LogP contribution in [-0.2, 0) is 9.53 Å². The first-order valence-corrected chi connectivity index (χ1v) is 13.5. The molecule has 4 nitrogen and oxygen atoms in total. The van der Waals surface area contributed by atoms with Crippen LogP contribution in [0.25, 0.3) is 0 Å². The van der Waals surface area contributed by atoms with Gasteiger partial charge in [0, 0.05) is 32.5 Å². The zero-order valence-electron chi connectivity index (χ0n) is 21.0. The lowest BCUT2D eigenvalue weighted by molar-refractivity contribution is -0.161. The van der Waals surface area contributed by atoms with Crippen LogP contribution in [0.1, 0.15) is 149 Å². The van der Waals surface area contributed by atoms with Crippen LogP contribution in [-0.4, -0.2) is 35.0 Å². The molecule has 0 aromatic rings. The van der Waals surface area contributed by atoms with Crippen LogP contribution in [0.2, 0.25) is 0 Å². The molecule has 0 bridgehead atoms. The summed E-state index contributed by atoms with van der Waals surface area (Å²) in [5, 5.41) is 18.2. The highest BCUT2D eigenvalue weighted by molar-refractivity contribution is 5.69. The number of aliphatic hydroxyl groups is 2. The third-order valence-corrected chi connectivity index (χ3v) is 6.38. The third-order valence-electron chi connectivity index (χ3n) is 6.38. The lowest BCUT2D eigenvalue weighted by Crippen LogP contribution is -2.34. The van der Waals surface area contributed by atoms with E-state index in [4.69, 9.17) is 14.9 Å². The molecule has 186 valence electrons. The molecule has 0 rings (SSSR count). The molecule has 0 fully saturated rings. The van der Waals surface area contributed by atoms with Crippen LogP contribution in [0.3, 0.4) is 0 Å². The second-order valence-corrected chi connectivity index (χ2v) is 9.63. The summed E-state index contributed by atoms with van der Waals surface area (Å²) in [4.78, 5) is 12.0. The molecule has 0 aromatic heterocycles. The van der Waals surface area contributed by atoms with Crippen molar-refractivity contribution in [2.45, 2.75) is 154 Å². The van der Waals surface area contributed by atoms with E-state index in [9.17, 15) is 4.79 Å². The van der Waals surface area contributed by atoms with Crippen molar-refractivity contribution in [3.63, 3.8) is 0 Å². The van der Waals surface area contributed by atoms with Gasteiger partial charge >= 0.3 is 5.97 Å². The summed E-state index contributed by atoms with van der Waals surface area (Å²) in [6.07, 6.45) is 25.2. The number of unbranched alkanes of at least 4 members (excludes halogenated alkanes) is 17. The third kappa shape index (κ3) is 21.0. The van der Waals surface area contributed by atoms with Gasteiger partial charge in [-0.3, -0.25) is 4.79 Å². The molecular formula is C27H54O4. The Morgan fingerprint density at radius 1 is 0.613 bits per heavy atom. The average Bonchev–Trinajstić information content (AvgIpc) is 2.73. The van der Waals surface area contributed by atoms with Gasteiger partial charge in [-0.05, 0) is 13.3 Å². The second-order valence-electron chi connectivity index (χ2n) is 9.63. The molecular weight excluding hydrogens is 388 g/mol. The highest BCUT2D eigenvalue weighted by Gasteiger charge is 2.27. The van der Waals surface area contributed by atoms with Gasteiger partial charge in [0.15, 0.2) is 0 Å². The Bertz CT molecular complexity index is 377. The lowest BCUT2D eigenvalue weighted by atomic mass is 9.98. The highest BCUT2D eigenvalue weighted by atomic mass is 16.6. The van der Waals surface area contributed by atoms with Crippen molar-refractivity contribution in [1.29, 1.82) is 0 Å². The van der Waals surface area contributed by atoms with Crippen LogP contribution in [0.15, 0.2) is 0 Å². The van der Waals surface area contributed by atoms with Crippen LogP contribution in [0, 0.1) is 0 Å². The standard InChI is InChI=1S/C27H54O4/c1-3-4-5-6-7-8-9-10-11-12-13-14-15-16-17-18-19-20-21-26(30)31-27(2,22-24-28)23-25-29/h28-29H,3-25H2,1-2H3. The number of carbonyl (C=O) groups excluding carboxylic acids is 1. The van der Waals surface area contributed by atoms with Crippen LogP contribution in [0.5, 0.6) is 0 Å². The smallest absolute Gasteiger partial charge is 0.306 e. The molecule has 0 saturated carbocycles. The fourth-order valence-corrected chi connectivity index (χ4v) is 4.20. The molecule has 31 heavy (non-hydrogen) atoms. The normalized spacial score (nSPS) is 11.7. The minimum Gasteiger partial charge on any atom is -0.459 e. The topological polar surface area (TPSA) is 66.8 Å². The van der Waals surface area contributed by atoms with Gasteiger partial charge in [-0.2, -0.15) is 0 Å². The number of carbonyl (C=O) groups is 1. The molecule has 0 spiro atoms. The fourth-order valence-electron chi connectivity index (χ4n) is 4.20. The van der Waals surface area contributed by atoms with Gasteiger partial charge in [-0.15, -0.1) is 0 Å². The van der Waals surface area contributed by atoms with Gasteiger partial charge in [-0.1, -0.05) is 116 Å². The first-order chi connectivity index (χ1) is 15.1. The van der Waals surface area contributed by atoms with E-state index in [1.165, 1.54) is 103 Å². The Morgan fingerprint density at radius 3 is 1.26 bits per heavy atom. The van der Waals surface area contributed by atoms with E-state index in [0.717, 1.165) is 12.8 Å². The molecule has 0 aliphatic rings. The van der Waals surface area contributed by atoms with Gasteiger partial charge in [0.05, 0.1) is 0 Å². The molecule has 0 atom stereocenters. The van der Waals surface area contributed by atoms with Gasteiger partial charge in [0.25, 0.3) is 0 Å². The summed E-state index contributed by atoms with van der Waals surface area (Å²) in [5.74, 6) is -0.208. The number of aliphatic hydroxyl groups excluding tert-OH is 2. The Morgan fingerprint density at radius 2 is 0.935 bits per heavy atom. The molecule has 0 unspecified atom stereocenters. The summed E-state index contributed by atoms with van der Waals surface area (Å²) in [6.45, 7) is 3.99. The fraction of sp³-hybridized carbons (Fsp3) is 0.963. The van der Waals surface area contributed by atoms with Crippen molar-refractivity contribution in [3.05, 3.63) is 0 Å². The lowest BCUT2D eigenvalue weighted by Gasteiger charge is -2.28. The molecule has 4 heteroatoms. The highest BCUT2D eigenvalue weighted by Crippen LogP contribution is 2.21. The molecule has 0 heterocycles. The van der Waals surface area contributed by atoms with Crippen molar-refractivity contribution >= 4 is 5.97 Å². The van der Waals surface area contributed by atoms with E-state index in [1.807, 2.05) is 0 Å². The van der Waals surface area contributed by atoms with Crippen LogP contribution < -0.4 is 0 Å². The van der Waals surface area contributed by atoms with E-state index < -0.39 is 5.60 Å². The van der Waals surface area contributed by atoms with E-state index in [2.05, 4.69) is 6.92 Å². The Labute approximate surface area is 193 Å². The number of rotatable bonds is 24. The maximum absolute atomic E-state index is 12.0. The number of hydrogen-bond acceptors (Lipinski definition) is 4. The molecule has 0 saturated heterocycles. The van der Waals surface area contributed by atoms with Crippen LogP contribution in [0.4, 0.5) is 0 Å². The predicted molar refractivity (Wildman–Crippen MR) is 131 cm³/mol. The zero-order valence-corrected chi connectivity index (χ0v) is 21.0. The minimum atomic E-state index is -0.741. The maximum atomic E-state index is 12.0. The van der Waals surface area contributed by atoms with Crippen molar-refractivity contribution in [2.75, 3.05) is 13.2 Å². The van der Waals surface area contributed by atoms with E-state index in [0.29, 0.717) is 19.3 Å². The Balaban J connectivity index is 3.35. The first kappa shape index (κ1) is 30.4. The minimum absolute atomic E-state index is 0.0387. The summed E-state index contributed by atoms with van der Waals surface area (Å²) in [6, 6.07) is 0. The second kappa shape index (κ2) is 22.6. The van der Waals surface area contributed by atoms with E-state index in [1.54, 1.807) is 6.92 Å². The Hall–Kier alpha value is -0.610. The Kier molecular flexibility index (Phi) is 22.1. The van der Waals surface area contributed by atoms with Gasteiger partial charge in [0.1, 0.15) is 5.60 Å². The quantitative estimate of drug-likeness (QED) is 0.120. The first-order valence-electron chi connectivity index (χ1n) is 13.5. The van der Waals surface area contributed by atoms with Gasteiger partial charge in [-0.25, -0.2) is 0 Å². The average molecular weight is 443 g/mol. The summed E-state index contributed by atoms with van der Waals surface area (Å²) in [7, 11) is 0.